The third-order valence-corrected chi connectivity index (χ3v) is 3.00. The number of carbonyl (C=O) groups is 1. The van der Waals surface area contributed by atoms with Gasteiger partial charge in [-0.1, -0.05) is 0 Å². The van der Waals surface area contributed by atoms with Crippen LogP contribution in [0.25, 0.3) is 6.08 Å². The average Bonchev–Trinajstić information content (AvgIpc) is 2.62. The Kier molecular flexibility index (Phi) is 11.8. The monoisotopic (exact) mass is 372 g/mol. The van der Waals surface area contributed by atoms with Gasteiger partial charge >= 0.3 is 0 Å². The number of methoxy groups -OCH3 is 3. The van der Waals surface area contributed by atoms with E-state index in [1.165, 1.54) is 13.2 Å². The highest BCUT2D eigenvalue weighted by atomic mass is 16.9. The highest BCUT2D eigenvalue weighted by Gasteiger charge is 2.12. The Hall–Kier alpha value is -3.01. The van der Waals surface area contributed by atoms with Crippen LogP contribution in [0.2, 0.25) is 0 Å². The van der Waals surface area contributed by atoms with Crippen LogP contribution in [0.5, 0.6) is 17.2 Å². The van der Waals surface area contributed by atoms with E-state index in [4.69, 9.17) is 34.6 Å². The number of aliphatic hydroxyl groups is 1. The molecule has 10 heteroatoms. The van der Waals surface area contributed by atoms with Gasteiger partial charge in [-0.25, -0.2) is 0 Å². The molecule has 1 aromatic carbocycles. The lowest BCUT2D eigenvalue weighted by Gasteiger charge is -2.12. The van der Waals surface area contributed by atoms with Crippen LogP contribution in [-0.2, 0) is 4.79 Å². The number of carbonyl (C=O) groups excluding carboxylic acids is 1. The van der Waals surface area contributed by atoms with E-state index in [2.05, 4.69) is 5.32 Å². The van der Waals surface area contributed by atoms with E-state index in [1.54, 1.807) is 32.4 Å². The first-order valence-corrected chi connectivity index (χ1v) is 7.59. The van der Waals surface area contributed by atoms with Crippen molar-refractivity contribution in [2.24, 2.45) is 0 Å². The molecular formula is C16H24N2O8. The molecule has 0 aliphatic carbocycles. The molecule has 1 rings (SSSR count). The molecule has 0 aromatic heterocycles. The number of benzene rings is 1. The van der Waals surface area contributed by atoms with Crippen molar-refractivity contribution in [1.82, 2.24) is 5.32 Å². The first kappa shape index (κ1) is 23.0. The number of amides is 1. The fourth-order valence-corrected chi connectivity index (χ4v) is 1.88. The minimum absolute atomic E-state index is 0.136. The third-order valence-electron chi connectivity index (χ3n) is 3.00. The second-order valence-corrected chi connectivity index (χ2v) is 4.75. The largest absolute Gasteiger partial charge is 0.493 e. The second kappa shape index (κ2) is 13.3. The molecule has 0 fully saturated rings. The van der Waals surface area contributed by atoms with E-state index >= 15 is 0 Å². The van der Waals surface area contributed by atoms with Gasteiger partial charge in [0.15, 0.2) is 11.5 Å². The average molecular weight is 372 g/mol. The molecule has 146 valence electrons. The van der Waals surface area contributed by atoms with Crippen LogP contribution in [0.3, 0.4) is 0 Å². The fourth-order valence-electron chi connectivity index (χ4n) is 1.88. The van der Waals surface area contributed by atoms with Gasteiger partial charge in [-0.3, -0.25) is 4.79 Å². The molecule has 0 radical (unpaired) electrons. The van der Waals surface area contributed by atoms with Crippen molar-refractivity contribution in [3.63, 3.8) is 0 Å². The van der Waals surface area contributed by atoms with Crippen LogP contribution >= 0.6 is 0 Å². The van der Waals surface area contributed by atoms with Crippen LogP contribution in [0.4, 0.5) is 0 Å². The Labute approximate surface area is 151 Å². The molecule has 0 atom stereocenters. The van der Waals surface area contributed by atoms with Crippen molar-refractivity contribution in [3.8, 4) is 17.2 Å². The number of hydrogen-bond acceptors (Lipinski definition) is 7. The molecule has 1 aromatic rings. The summed E-state index contributed by atoms with van der Waals surface area (Å²) in [6.07, 6.45) is 4.54. The molecule has 0 unspecified atom stereocenters. The Morgan fingerprint density at radius 3 is 2.15 bits per heavy atom. The SMILES string of the molecule is COc1cc(C=CC(=O)NCCCCO)cc(OC)c1OC.O=[N+]([O-])O. The lowest BCUT2D eigenvalue weighted by Crippen LogP contribution is -2.22. The Balaban J connectivity index is 0.00000141. The van der Waals surface area contributed by atoms with Gasteiger partial charge in [0, 0.05) is 19.2 Å². The fraction of sp³-hybridized carbons (Fsp3) is 0.438. The number of ether oxygens (including phenoxy) is 3. The molecular weight excluding hydrogens is 348 g/mol. The summed E-state index contributed by atoms with van der Waals surface area (Å²) < 4.78 is 15.8. The van der Waals surface area contributed by atoms with E-state index in [1.807, 2.05) is 0 Å². The lowest BCUT2D eigenvalue weighted by molar-refractivity contribution is -0.742. The molecule has 0 aliphatic heterocycles. The number of rotatable bonds is 9. The van der Waals surface area contributed by atoms with Crippen molar-refractivity contribution < 1.29 is 34.4 Å². The van der Waals surface area contributed by atoms with Crippen molar-refractivity contribution >= 4 is 12.0 Å². The standard InChI is InChI=1S/C16H23NO5.HNO3/c1-20-13-10-12(11-14(21-2)16(13)22-3)6-7-15(19)17-8-4-5-9-18;2-1(3)4/h6-7,10-11,18H,4-5,8-9H2,1-3H3,(H,17,19);(H,2,3,4). The highest BCUT2D eigenvalue weighted by Crippen LogP contribution is 2.38. The first-order valence-electron chi connectivity index (χ1n) is 7.59. The van der Waals surface area contributed by atoms with Gasteiger partial charge in [0.2, 0.25) is 11.7 Å². The number of aliphatic hydroxyl groups excluding tert-OH is 1. The van der Waals surface area contributed by atoms with Gasteiger partial charge in [-0.05, 0) is 36.6 Å². The molecule has 1 amide bonds. The van der Waals surface area contributed by atoms with Crippen molar-refractivity contribution in [3.05, 3.63) is 33.9 Å². The van der Waals surface area contributed by atoms with Crippen LogP contribution in [0, 0.1) is 10.1 Å². The summed E-state index contributed by atoms with van der Waals surface area (Å²) in [6.45, 7) is 0.677. The highest BCUT2D eigenvalue weighted by molar-refractivity contribution is 5.91. The van der Waals surface area contributed by atoms with E-state index < -0.39 is 5.09 Å². The van der Waals surface area contributed by atoms with Gasteiger partial charge < -0.3 is 29.8 Å². The van der Waals surface area contributed by atoms with Gasteiger partial charge in [0.05, 0.1) is 21.3 Å². The molecule has 0 aliphatic rings. The Bertz CT molecular complexity index is 575. The maximum absolute atomic E-state index is 11.7. The maximum atomic E-state index is 11.7. The number of unbranched alkanes of at least 4 members (excludes halogenated alkanes) is 1. The molecule has 0 saturated carbocycles. The predicted molar refractivity (Wildman–Crippen MR) is 93.2 cm³/mol. The third kappa shape index (κ3) is 9.33. The maximum Gasteiger partial charge on any atom is 0.291 e. The van der Waals surface area contributed by atoms with E-state index in [-0.39, 0.29) is 12.5 Å². The van der Waals surface area contributed by atoms with Gasteiger partial charge in [-0.2, -0.15) is 0 Å². The Morgan fingerprint density at radius 1 is 1.19 bits per heavy atom. The number of hydrogen-bond donors (Lipinski definition) is 3. The molecule has 3 N–H and O–H groups in total. The van der Waals surface area contributed by atoms with E-state index in [0.29, 0.717) is 30.2 Å². The normalized spacial score (nSPS) is 9.85. The van der Waals surface area contributed by atoms with E-state index in [0.717, 1.165) is 12.0 Å². The zero-order valence-electron chi connectivity index (χ0n) is 14.9. The minimum atomic E-state index is -1.50. The van der Waals surface area contributed by atoms with E-state index in [9.17, 15) is 4.79 Å². The van der Waals surface area contributed by atoms with Gasteiger partial charge in [0.25, 0.3) is 5.09 Å². The summed E-state index contributed by atoms with van der Waals surface area (Å²) in [4.78, 5) is 20.0. The summed E-state index contributed by atoms with van der Waals surface area (Å²) in [7, 11) is 4.62. The molecule has 0 bridgehead atoms. The van der Waals surface area contributed by atoms with Crippen LogP contribution < -0.4 is 19.5 Å². The molecule has 0 spiro atoms. The number of nitrogens with one attached hydrogen (secondary N) is 1. The van der Waals surface area contributed by atoms with Crippen LogP contribution in [0.1, 0.15) is 18.4 Å². The summed E-state index contributed by atoms with van der Waals surface area (Å²) in [5.74, 6) is 1.39. The first-order chi connectivity index (χ1) is 12.4. The quantitative estimate of drug-likeness (QED) is 0.255. The smallest absolute Gasteiger partial charge is 0.291 e. The van der Waals surface area contributed by atoms with Gasteiger partial charge in [0.1, 0.15) is 0 Å². The second-order valence-electron chi connectivity index (χ2n) is 4.75. The van der Waals surface area contributed by atoms with Crippen molar-refractivity contribution in [2.45, 2.75) is 12.8 Å². The van der Waals surface area contributed by atoms with Crippen LogP contribution in [0.15, 0.2) is 18.2 Å². The molecule has 26 heavy (non-hydrogen) atoms. The minimum Gasteiger partial charge on any atom is -0.493 e. The van der Waals surface area contributed by atoms with Gasteiger partial charge in [-0.15, -0.1) is 10.1 Å². The summed E-state index contributed by atoms with van der Waals surface area (Å²) in [6, 6.07) is 3.52. The van der Waals surface area contributed by atoms with Crippen LogP contribution in [-0.4, -0.2) is 55.8 Å². The molecule has 10 nitrogen and oxygen atoms in total. The number of nitrogens with zero attached hydrogens (tertiary/aromatic N) is 1. The molecule has 0 saturated heterocycles. The lowest BCUT2D eigenvalue weighted by atomic mass is 10.1. The van der Waals surface area contributed by atoms with Crippen molar-refractivity contribution in [1.29, 1.82) is 0 Å². The zero-order chi connectivity index (χ0) is 19.9. The summed E-state index contributed by atoms with van der Waals surface area (Å²) in [5, 5.41) is 25.0. The van der Waals surface area contributed by atoms with Crippen molar-refractivity contribution in [2.75, 3.05) is 34.5 Å². The summed E-state index contributed by atoms with van der Waals surface area (Å²) >= 11 is 0. The topological polar surface area (TPSA) is 140 Å². The molecule has 0 heterocycles. The predicted octanol–water partition coefficient (Wildman–Crippen LogP) is 1.27. The summed E-state index contributed by atoms with van der Waals surface area (Å²) in [5.41, 5.74) is 0.764. The zero-order valence-corrected chi connectivity index (χ0v) is 14.9. The Morgan fingerprint density at radius 2 is 1.73 bits per heavy atom.